The van der Waals surface area contributed by atoms with Gasteiger partial charge in [0.1, 0.15) is 0 Å². The van der Waals surface area contributed by atoms with Gasteiger partial charge >= 0.3 is 0 Å². The van der Waals surface area contributed by atoms with E-state index in [4.69, 9.17) is 5.73 Å². The zero-order chi connectivity index (χ0) is 12.3. The number of nitrogens with one attached hydrogen (secondary N) is 1. The van der Waals surface area contributed by atoms with Crippen LogP contribution >= 0.6 is 12.4 Å². The molecule has 1 rings (SSSR count). The molecule has 0 radical (unpaired) electrons. The van der Waals surface area contributed by atoms with Gasteiger partial charge in [0.25, 0.3) is 0 Å². The largest absolute Gasteiger partial charge is 0.393 e. The zero-order valence-corrected chi connectivity index (χ0v) is 11.7. The number of amides is 1. The van der Waals surface area contributed by atoms with E-state index in [1.807, 2.05) is 20.8 Å². The summed E-state index contributed by atoms with van der Waals surface area (Å²) in [5, 5.41) is 12.5. The van der Waals surface area contributed by atoms with Gasteiger partial charge in [0.05, 0.1) is 12.1 Å². The first-order valence-corrected chi connectivity index (χ1v) is 6.03. The predicted molar refractivity (Wildman–Crippen MR) is 71.0 cm³/mol. The Bertz CT molecular complexity index is 253. The molecular formula is C12H25ClN2O2. The summed E-state index contributed by atoms with van der Waals surface area (Å²) >= 11 is 0. The molecule has 1 aliphatic rings. The van der Waals surface area contributed by atoms with E-state index in [0.717, 1.165) is 19.3 Å². The van der Waals surface area contributed by atoms with E-state index < -0.39 is 6.04 Å². The molecule has 4 nitrogen and oxygen atoms in total. The van der Waals surface area contributed by atoms with E-state index in [2.05, 4.69) is 5.32 Å². The Morgan fingerprint density at radius 3 is 2.47 bits per heavy atom. The van der Waals surface area contributed by atoms with Crippen LogP contribution in [0, 0.1) is 11.3 Å². The first-order chi connectivity index (χ1) is 7.32. The molecular weight excluding hydrogens is 240 g/mol. The monoisotopic (exact) mass is 264 g/mol. The smallest absolute Gasteiger partial charge is 0.237 e. The third-order valence-corrected chi connectivity index (χ3v) is 3.37. The maximum absolute atomic E-state index is 11.7. The highest BCUT2D eigenvalue weighted by Gasteiger charge is 2.29. The Labute approximate surface area is 110 Å². The minimum atomic E-state index is -0.494. The molecule has 2 unspecified atom stereocenters. The summed E-state index contributed by atoms with van der Waals surface area (Å²) in [5.41, 5.74) is 5.62. The Morgan fingerprint density at radius 1 is 1.47 bits per heavy atom. The van der Waals surface area contributed by atoms with Gasteiger partial charge in [-0.1, -0.05) is 27.2 Å². The number of rotatable bonds is 3. The predicted octanol–water partition coefficient (Wildman–Crippen LogP) is 1.06. The van der Waals surface area contributed by atoms with E-state index in [-0.39, 0.29) is 35.8 Å². The summed E-state index contributed by atoms with van der Waals surface area (Å²) in [5.74, 6) is 0.0859. The van der Waals surface area contributed by atoms with Crippen LogP contribution in [0.25, 0.3) is 0 Å². The van der Waals surface area contributed by atoms with Crippen molar-refractivity contribution in [3.8, 4) is 0 Å². The molecule has 3 atom stereocenters. The molecule has 0 aromatic rings. The fourth-order valence-electron chi connectivity index (χ4n) is 1.99. The summed E-state index contributed by atoms with van der Waals surface area (Å²) in [6, 6.07) is -0.494. The van der Waals surface area contributed by atoms with E-state index in [0.29, 0.717) is 6.54 Å². The lowest BCUT2D eigenvalue weighted by Crippen LogP contribution is -2.49. The molecule has 5 heteroatoms. The third-order valence-electron chi connectivity index (χ3n) is 3.37. The molecule has 1 aliphatic carbocycles. The van der Waals surface area contributed by atoms with Gasteiger partial charge in [0, 0.05) is 12.5 Å². The lowest BCUT2D eigenvalue weighted by Gasteiger charge is -2.26. The normalized spacial score (nSPS) is 26.2. The third kappa shape index (κ3) is 4.82. The maximum atomic E-state index is 11.7. The second-order valence-corrected chi connectivity index (χ2v) is 5.85. The highest BCUT2D eigenvalue weighted by Crippen LogP contribution is 2.25. The van der Waals surface area contributed by atoms with Crippen molar-refractivity contribution < 1.29 is 9.90 Å². The number of carbonyl (C=O) groups is 1. The Morgan fingerprint density at radius 2 is 2.06 bits per heavy atom. The van der Waals surface area contributed by atoms with Crippen LogP contribution in [0.5, 0.6) is 0 Å². The van der Waals surface area contributed by atoms with E-state index in [1.54, 1.807) is 0 Å². The first-order valence-electron chi connectivity index (χ1n) is 6.03. The molecule has 0 aromatic heterocycles. The summed E-state index contributed by atoms with van der Waals surface area (Å²) in [7, 11) is 0. The molecule has 0 bridgehead atoms. The molecule has 0 aromatic carbocycles. The fraction of sp³-hybridized carbons (Fsp3) is 0.917. The number of aliphatic hydroxyl groups is 1. The van der Waals surface area contributed by atoms with Gasteiger partial charge in [0.15, 0.2) is 0 Å². The minimum Gasteiger partial charge on any atom is -0.393 e. The molecule has 4 N–H and O–H groups in total. The topological polar surface area (TPSA) is 75.4 Å². The van der Waals surface area contributed by atoms with Crippen LogP contribution in [0.4, 0.5) is 0 Å². The van der Waals surface area contributed by atoms with Crippen LogP contribution in [0.3, 0.4) is 0 Å². The maximum Gasteiger partial charge on any atom is 0.237 e. The number of aliphatic hydroxyl groups excluding tert-OH is 1. The molecule has 0 saturated heterocycles. The van der Waals surface area contributed by atoms with Gasteiger partial charge in [-0.2, -0.15) is 0 Å². The Hall–Kier alpha value is -0.320. The van der Waals surface area contributed by atoms with Crippen LogP contribution < -0.4 is 11.1 Å². The lowest BCUT2D eigenvalue weighted by atomic mass is 9.87. The van der Waals surface area contributed by atoms with Crippen molar-refractivity contribution in [3.63, 3.8) is 0 Å². The van der Waals surface area contributed by atoms with Gasteiger partial charge < -0.3 is 16.2 Å². The van der Waals surface area contributed by atoms with Gasteiger partial charge in [-0.3, -0.25) is 4.79 Å². The number of hydrogen-bond acceptors (Lipinski definition) is 3. The molecule has 102 valence electrons. The minimum absolute atomic E-state index is 0. The number of hydrogen-bond donors (Lipinski definition) is 3. The van der Waals surface area contributed by atoms with E-state index in [9.17, 15) is 9.90 Å². The molecule has 17 heavy (non-hydrogen) atoms. The second-order valence-electron chi connectivity index (χ2n) is 5.85. The van der Waals surface area contributed by atoms with Gasteiger partial charge in [-0.15, -0.1) is 12.4 Å². The number of carbonyl (C=O) groups excluding carboxylic acids is 1. The summed E-state index contributed by atoms with van der Waals surface area (Å²) in [6.07, 6.45) is 2.64. The quantitative estimate of drug-likeness (QED) is 0.714. The van der Waals surface area contributed by atoms with Crippen LogP contribution in [-0.4, -0.2) is 29.7 Å². The summed E-state index contributed by atoms with van der Waals surface area (Å²) in [6.45, 7) is 6.38. The van der Waals surface area contributed by atoms with Crippen molar-refractivity contribution in [1.82, 2.24) is 5.32 Å². The highest BCUT2D eigenvalue weighted by atomic mass is 35.5. The van der Waals surface area contributed by atoms with Gasteiger partial charge in [-0.25, -0.2) is 0 Å². The van der Waals surface area contributed by atoms with Crippen LogP contribution in [0.1, 0.15) is 40.0 Å². The van der Waals surface area contributed by atoms with Gasteiger partial charge in [0.2, 0.25) is 5.91 Å². The SMILES string of the molecule is CC(C)(C)[C@H](N)C(=O)NCC1CCCC1O.Cl. The molecule has 0 heterocycles. The molecule has 1 amide bonds. The van der Waals surface area contributed by atoms with Crippen molar-refractivity contribution in [2.24, 2.45) is 17.1 Å². The zero-order valence-electron chi connectivity index (χ0n) is 10.9. The van der Waals surface area contributed by atoms with Crippen molar-refractivity contribution in [3.05, 3.63) is 0 Å². The van der Waals surface area contributed by atoms with E-state index in [1.165, 1.54) is 0 Å². The van der Waals surface area contributed by atoms with Crippen LogP contribution in [-0.2, 0) is 4.79 Å². The van der Waals surface area contributed by atoms with E-state index >= 15 is 0 Å². The first kappa shape index (κ1) is 16.7. The average Bonchev–Trinajstić information content (AvgIpc) is 2.58. The molecule has 0 spiro atoms. The second kappa shape index (κ2) is 6.57. The van der Waals surface area contributed by atoms with Crippen molar-refractivity contribution >= 4 is 18.3 Å². The van der Waals surface area contributed by atoms with Crippen molar-refractivity contribution in [2.45, 2.75) is 52.2 Å². The lowest BCUT2D eigenvalue weighted by molar-refractivity contribution is -0.124. The van der Waals surface area contributed by atoms with Crippen molar-refractivity contribution in [2.75, 3.05) is 6.54 Å². The average molecular weight is 265 g/mol. The summed E-state index contributed by atoms with van der Waals surface area (Å²) in [4.78, 5) is 11.7. The number of halogens is 1. The van der Waals surface area contributed by atoms with Crippen molar-refractivity contribution in [1.29, 1.82) is 0 Å². The molecule has 1 fully saturated rings. The molecule has 0 aliphatic heterocycles. The van der Waals surface area contributed by atoms with Crippen LogP contribution in [0.15, 0.2) is 0 Å². The standard InChI is InChI=1S/C12H24N2O2.ClH/c1-12(2,3)10(13)11(16)14-7-8-5-4-6-9(8)15;/h8-10,15H,4-7,13H2,1-3H3,(H,14,16);1H/t8?,9?,10-;/m1./s1. The Balaban J connectivity index is 0.00000256. The fourth-order valence-corrected chi connectivity index (χ4v) is 1.99. The van der Waals surface area contributed by atoms with Gasteiger partial charge in [-0.05, 0) is 18.3 Å². The Kier molecular flexibility index (Phi) is 6.45. The number of nitrogens with two attached hydrogens (primary N) is 1. The summed E-state index contributed by atoms with van der Waals surface area (Å²) < 4.78 is 0. The molecule has 1 saturated carbocycles. The highest BCUT2D eigenvalue weighted by molar-refractivity contribution is 5.85. The van der Waals surface area contributed by atoms with Crippen LogP contribution in [0.2, 0.25) is 0 Å².